The standard InChI is InChI=1S/C12H14ClN5/c1-8-15-6-9-7-18(5-3-10(9)16-8)11-2-4-14-12(13)17-11/h2,4,6,9-10H,3,5,7H2,1H3. The highest BCUT2D eigenvalue weighted by Gasteiger charge is 2.30. The van der Waals surface area contributed by atoms with Gasteiger partial charge in [0.2, 0.25) is 5.28 Å². The lowest BCUT2D eigenvalue weighted by Crippen LogP contribution is -2.45. The maximum absolute atomic E-state index is 5.82. The molecule has 94 valence electrons. The summed E-state index contributed by atoms with van der Waals surface area (Å²) in [4.78, 5) is 19.3. The van der Waals surface area contributed by atoms with Crippen LogP contribution in [0.4, 0.5) is 5.82 Å². The summed E-state index contributed by atoms with van der Waals surface area (Å²) < 4.78 is 0. The lowest BCUT2D eigenvalue weighted by atomic mass is 9.92. The summed E-state index contributed by atoms with van der Waals surface area (Å²) in [6.07, 6.45) is 4.73. The maximum Gasteiger partial charge on any atom is 0.224 e. The molecule has 2 aliphatic heterocycles. The van der Waals surface area contributed by atoms with E-state index in [2.05, 4.69) is 24.9 Å². The van der Waals surface area contributed by atoms with Crippen molar-refractivity contribution in [3.8, 4) is 0 Å². The van der Waals surface area contributed by atoms with E-state index in [1.165, 1.54) is 0 Å². The van der Waals surface area contributed by atoms with Gasteiger partial charge in [-0.25, -0.2) is 15.0 Å². The molecule has 3 heterocycles. The number of fused-ring (bicyclic) bond motifs is 1. The van der Waals surface area contributed by atoms with Gasteiger partial charge in [-0.15, -0.1) is 0 Å². The van der Waals surface area contributed by atoms with Crippen LogP contribution in [-0.4, -0.2) is 41.1 Å². The fraction of sp³-hybridized carbons (Fsp3) is 0.500. The summed E-state index contributed by atoms with van der Waals surface area (Å²) >= 11 is 5.82. The molecule has 0 bridgehead atoms. The third-order valence-electron chi connectivity index (χ3n) is 3.36. The molecule has 1 fully saturated rings. The first-order valence-electron chi connectivity index (χ1n) is 6.04. The summed E-state index contributed by atoms with van der Waals surface area (Å²) in [6.45, 7) is 3.78. The van der Waals surface area contributed by atoms with Crippen molar-refractivity contribution in [2.24, 2.45) is 15.9 Å². The summed E-state index contributed by atoms with van der Waals surface area (Å²) in [7, 11) is 0. The number of amidine groups is 1. The van der Waals surface area contributed by atoms with Crippen LogP contribution in [-0.2, 0) is 0 Å². The Morgan fingerprint density at radius 1 is 1.44 bits per heavy atom. The van der Waals surface area contributed by atoms with Crippen molar-refractivity contribution in [3.05, 3.63) is 17.5 Å². The quantitative estimate of drug-likeness (QED) is 0.727. The van der Waals surface area contributed by atoms with Crippen molar-refractivity contribution in [3.63, 3.8) is 0 Å². The second-order valence-electron chi connectivity index (χ2n) is 4.60. The van der Waals surface area contributed by atoms with Gasteiger partial charge in [-0.1, -0.05) is 0 Å². The molecule has 18 heavy (non-hydrogen) atoms. The molecule has 2 unspecified atom stereocenters. The molecular weight excluding hydrogens is 250 g/mol. The van der Waals surface area contributed by atoms with Crippen molar-refractivity contribution in [1.82, 2.24) is 9.97 Å². The predicted molar refractivity (Wildman–Crippen MR) is 72.8 cm³/mol. The van der Waals surface area contributed by atoms with Gasteiger partial charge in [0.1, 0.15) is 11.7 Å². The predicted octanol–water partition coefficient (Wildman–Crippen LogP) is 1.83. The lowest BCUT2D eigenvalue weighted by Gasteiger charge is -2.37. The topological polar surface area (TPSA) is 53.7 Å². The van der Waals surface area contributed by atoms with Gasteiger partial charge in [-0.05, 0) is 31.0 Å². The molecule has 2 aliphatic rings. The number of aromatic nitrogens is 2. The van der Waals surface area contributed by atoms with Crippen molar-refractivity contribution in [2.45, 2.75) is 19.4 Å². The van der Waals surface area contributed by atoms with Crippen molar-refractivity contribution in [1.29, 1.82) is 0 Å². The molecule has 0 radical (unpaired) electrons. The van der Waals surface area contributed by atoms with Crippen LogP contribution in [0.15, 0.2) is 22.2 Å². The molecular formula is C12H14ClN5. The van der Waals surface area contributed by atoms with Gasteiger partial charge in [-0.2, -0.15) is 0 Å². The first kappa shape index (κ1) is 11.6. The summed E-state index contributed by atoms with van der Waals surface area (Å²) in [5.41, 5.74) is 0. The number of nitrogens with zero attached hydrogens (tertiary/aromatic N) is 5. The van der Waals surface area contributed by atoms with E-state index in [1.54, 1.807) is 6.20 Å². The molecule has 0 saturated carbocycles. The van der Waals surface area contributed by atoms with E-state index in [0.717, 1.165) is 31.2 Å². The normalized spacial score (nSPS) is 26.8. The molecule has 0 aromatic carbocycles. The van der Waals surface area contributed by atoms with Crippen LogP contribution in [0.3, 0.4) is 0 Å². The van der Waals surface area contributed by atoms with Gasteiger partial charge < -0.3 is 4.90 Å². The van der Waals surface area contributed by atoms with Gasteiger partial charge >= 0.3 is 0 Å². The van der Waals surface area contributed by atoms with Gasteiger partial charge in [0.25, 0.3) is 0 Å². The molecule has 0 amide bonds. The first-order chi connectivity index (χ1) is 8.72. The molecule has 6 heteroatoms. The molecule has 0 N–H and O–H groups in total. The summed E-state index contributed by atoms with van der Waals surface area (Å²) in [5, 5.41) is 0.292. The minimum Gasteiger partial charge on any atom is -0.356 e. The number of hydrogen-bond donors (Lipinski definition) is 0. The summed E-state index contributed by atoms with van der Waals surface area (Å²) in [5.74, 6) is 2.14. The fourth-order valence-electron chi connectivity index (χ4n) is 2.46. The number of aliphatic imine (C=N–C) groups is 2. The van der Waals surface area contributed by atoms with Crippen molar-refractivity contribution >= 4 is 29.5 Å². The van der Waals surface area contributed by atoms with Crippen LogP contribution in [0, 0.1) is 5.92 Å². The Hall–Kier alpha value is -1.49. The zero-order chi connectivity index (χ0) is 12.5. The maximum atomic E-state index is 5.82. The van der Waals surface area contributed by atoms with Gasteiger partial charge in [0, 0.05) is 31.4 Å². The first-order valence-corrected chi connectivity index (χ1v) is 6.42. The highest BCUT2D eigenvalue weighted by atomic mass is 35.5. The molecule has 0 spiro atoms. The molecule has 2 atom stereocenters. The van der Waals surface area contributed by atoms with E-state index in [-0.39, 0.29) is 0 Å². The minimum absolute atomic E-state index is 0.292. The molecule has 1 aromatic rings. The second-order valence-corrected chi connectivity index (χ2v) is 4.94. The minimum atomic E-state index is 0.292. The fourth-order valence-corrected chi connectivity index (χ4v) is 2.61. The van der Waals surface area contributed by atoms with E-state index in [9.17, 15) is 0 Å². The molecule has 1 aromatic heterocycles. The number of rotatable bonds is 1. The molecule has 0 aliphatic carbocycles. The van der Waals surface area contributed by atoms with Gasteiger partial charge in [0.15, 0.2) is 0 Å². The van der Waals surface area contributed by atoms with Crippen LogP contribution in [0.1, 0.15) is 13.3 Å². The Balaban J connectivity index is 1.77. The van der Waals surface area contributed by atoms with Crippen LogP contribution >= 0.6 is 11.6 Å². The van der Waals surface area contributed by atoms with E-state index < -0.39 is 0 Å². The van der Waals surface area contributed by atoms with Crippen LogP contribution in [0.25, 0.3) is 0 Å². The zero-order valence-electron chi connectivity index (χ0n) is 10.1. The summed E-state index contributed by atoms with van der Waals surface area (Å²) in [6, 6.07) is 2.26. The Labute approximate surface area is 111 Å². The van der Waals surface area contributed by atoms with E-state index >= 15 is 0 Å². The Kier molecular flexibility index (Phi) is 2.99. The Bertz CT molecular complexity index is 513. The SMILES string of the molecule is CC1=NC2CCN(c3ccnc(Cl)n3)CC2C=N1. The van der Waals surface area contributed by atoms with Crippen molar-refractivity contribution < 1.29 is 0 Å². The Morgan fingerprint density at radius 2 is 2.33 bits per heavy atom. The lowest BCUT2D eigenvalue weighted by molar-refractivity contribution is 0.438. The van der Waals surface area contributed by atoms with Gasteiger partial charge in [-0.3, -0.25) is 4.99 Å². The number of anilines is 1. The van der Waals surface area contributed by atoms with Crippen LogP contribution in [0.5, 0.6) is 0 Å². The van der Waals surface area contributed by atoms with Crippen LogP contribution < -0.4 is 4.90 Å². The average Bonchev–Trinajstić information content (AvgIpc) is 2.38. The number of piperidine rings is 1. The Morgan fingerprint density at radius 3 is 3.17 bits per heavy atom. The average molecular weight is 264 g/mol. The zero-order valence-corrected chi connectivity index (χ0v) is 10.9. The second kappa shape index (κ2) is 4.65. The molecule has 3 rings (SSSR count). The number of halogens is 1. The van der Waals surface area contributed by atoms with E-state index in [4.69, 9.17) is 11.6 Å². The third-order valence-corrected chi connectivity index (χ3v) is 3.54. The largest absolute Gasteiger partial charge is 0.356 e. The van der Waals surface area contributed by atoms with Crippen LogP contribution in [0.2, 0.25) is 5.28 Å². The third kappa shape index (κ3) is 2.22. The molecule has 1 saturated heterocycles. The monoisotopic (exact) mass is 263 g/mol. The van der Waals surface area contributed by atoms with Gasteiger partial charge in [0.05, 0.1) is 6.04 Å². The smallest absolute Gasteiger partial charge is 0.224 e. The van der Waals surface area contributed by atoms with Crippen molar-refractivity contribution in [2.75, 3.05) is 18.0 Å². The van der Waals surface area contributed by atoms with E-state index in [0.29, 0.717) is 17.2 Å². The number of hydrogen-bond acceptors (Lipinski definition) is 5. The molecule has 5 nitrogen and oxygen atoms in total. The highest BCUT2D eigenvalue weighted by Crippen LogP contribution is 2.25. The highest BCUT2D eigenvalue weighted by molar-refractivity contribution is 6.28. The van der Waals surface area contributed by atoms with E-state index in [1.807, 2.05) is 19.2 Å².